The third kappa shape index (κ3) is 9.20. The monoisotopic (exact) mass is 570 g/mol. The second-order valence-electron chi connectivity index (χ2n) is 10.9. The summed E-state index contributed by atoms with van der Waals surface area (Å²) in [6.07, 6.45) is 12.4. The zero-order chi connectivity index (χ0) is 30.9. The number of phenolic OH excluding ortho intramolecular Hbond substituents is 2. The number of carbonyl (C=O) groups is 3. The molecular formula is C35H38O7. The molecule has 0 bridgehead atoms. The number of ketones is 1. The average Bonchev–Trinajstić information content (AvgIpc) is 2.92. The maximum atomic E-state index is 13.0. The summed E-state index contributed by atoms with van der Waals surface area (Å²) in [5.74, 6) is -1.20. The fourth-order valence-corrected chi connectivity index (χ4v) is 4.67. The highest BCUT2D eigenvalue weighted by Gasteiger charge is 2.39. The number of Topliss-reactive ketones (excluding diaryl/α,β-unsaturated/α-hetero) is 1. The summed E-state index contributed by atoms with van der Waals surface area (Å²) in [5, 5.41) is 19.2. The Balaban J connectivity index is 1.52. The lowest BCUT2D eigenvalue weighted by atomic mass is 9.71. The van der Waals surface area contributed by atoms with Gasteiger partial charge < -0.3 is 19.7 Å². The molecule has 0 spiro atoms. The van der Waals surface area contributed by atoms with Crippen LogP contribution in [0.1, 0.15) is 65.0 Å². The lowest BCUT2D eigenvalue weighted by Gasteiger charge is -2.36. The van der Waals surface area contributed by atoms with Gasteiger partial charge >= 0.3 is 11.9 Å². The zero-order valence-electron chi connectivity index (χ0n) is 24.7. The van der Waals surface area contributed by atoms with Gasteiger partial charge in [0.15, 0.2) is 11.9 Å². The molecular weight excluding hydrogens is 532 g/mol. The number of allylic oxidation sites excluding steroid dienone is 7. The number of ether oxygens (including phenoxy) is 2. The number of rotatable bonds is 10. The molecule has 0 aromatic heterocycles. The van der Waals surface area contributed by atoms with Gasteiger partial charge in [0.2, 0.25) is 0 Å². The van der Waals surface area contributed by atoms with Crippen LogP contribution in [0.5, 0.6) is 17.2 Å². The van der Waals surface area contributed by atoms with Crippen molar-refractivity contribution in [3.05, 3.63) is 101 Å². The van der Waals surface area contributed by atoms with E-state index in [0.717, 1.165) is 16.7 Å². The van der Waals surface area contributed by atoms with E-state index in [1.807, 2.05) is 58.1 Å². The minimum absolute atomic E-state index is 0.0388. The van der Waals surface area contributed by atoms with Crippen molar-refractivity contribution in [1.82, 2.24) is 0 Å². The van der Waals surface area contributed by atoms with Crippen molar-refractivity contribution in [3.63, 3.8) is 0 Å². The maximum Gasteiger partial charge on any atom is 0.311 e. The molecule has 0 radical (unpaired) electrons. The van der Waals surface area contributed by atoms with Gasteiger partial charge in [0.25, 0.3) is 0 Å². The summed E-state index contributed by atoms with van der Waals surface area (Å²) < 4.78 is 10.8. The minimum atomic E-state index is -0.898. The fraction of sp³-hybridized carbons (Fsp3) is 0.286. The van der Waals surface area contributed by atoms with E-state index in [4.69, 9.17) is 9.47 Å². The van der Waals surface area contributed by atoms with Gasteiger partial charge in [-0.1, -0.05) is 74.1 Å². The maximum absolute atomic E-state index is 13.0. The van der Waals surface area contributed by atoms with Gasteiger partial charge in [-0.2, -0.15) is 0 Å². The summed E-state index contributed by atoms with van der Waals surface area (Å²) in [5.41, 5.74) is 3.58. The smallest absolute Gasteiger partial charge is 0.311 e. The summed E-state index contributed by atoms with van der Waals surface area (Å²) in [4.78, 5) is 37.9. The van der Waals surface area contributed by atoms with Crippen LogP contribution in [-0.2, 0) is 19.1 Å². The second-order valence-corrected chi connectivity index (χ2v) is 10.9. The third-order valence-electron chi connectivity index (χ3n) is 6.87. The molecule has 0 amide bonds. The Morgan fingerprint density at radius 3 is 2.21 bits per heavy atom. The molecule has 3 rings (SSSR count). The predicted molar refractivity (Wildman–Crippen MR) is 164 cm³/mol. The molecule has 7 heteroatoms. The Morgan fingerprint density at radius 1 is 0.952 bits per heavy atom. The molecule has 42 heavy (non-hydrogen) atoms. The van der Waals surface area contributed by atoms with Gasteiger partial charge in [0.05, 0.1) is 12.8 Å². The van der Waals surface area contributed by atoms with Gasteiger partial charge in [-0.25, -0.2) is 0 Å². The van der Waals surface area contributed by atoms with Crippen molar-refractivity contribution >= 4 is 29.9 Å². The number of hydrogen-bond donors (Lipinski definition) is 2. The first-order valence-corrected chi connectivity index (χ1v) is 13.8. The molecule has 1 atom stereocenters. The Kier molecular flexibility index (Phi) is 10.9. The predicted octanol–water partition coefficient (Wildman–Crippen LogP) is 7.26. The number of phenols is 2. The Hall–Kier alpha value is -4.65. The number of aromatic hydroxyl groups is 2. The molecule has 7 nitrogen and oxygen atoms in total. The Bertz CT molecular complexity index is 1450. The molecule has 2 aromatic rings. The summed E-state index contributed by atoms with van der Waals surface area (Å²) in [6.45, 7) is 9.72. The highest BCUT2D eigenvalue weighted by molar-refractivity contribution is 6.01. The van der Waals surface area contributed by atoms with E-state index in [-0.39, 0.29) is 35.5 Å². The number of esters is 2. The Labute approximate surface area is 247 Å². The van der Waals surface area contributed by atoms with Crippen molar-refractivity contribution in [1.29, 1.82) is 0 Å². The largest absolute Gasteiger partial charge is 0.508 e. The molecule has 2 aromatic carbocycles. The highest BCUT2D eigenvalue weighted by Crippen LogP contribution is 2.41. The van der Waals surface area contributed by atoms with Gasteiger partial charge in [-0.05, 0) is 72.7 Å². The van der Waals surface area contributed by atoms with Gasteiger partial charge in [0.1, 0.15) is 17.2 Å². The van der Waals surface area contributed by atoms with E-state index >= 15 is 0 Å². The van der Waals surface area contributed by atoms with E-state index in [0.29, 0.717) is 23.3 Å². The SMILES string of the molecule is C/C=C/C=C(C)/C=C/C1=C(C)C(=O)C(OC(=O)CCC(=O)Oc2ccc(/C=C/c3cc(O)cc(O)c3)cc2)CC1(C)C. The van der Waals surface area contributed by atoms with Gasteiger partial charge in [0, 0.05) is 12.5 Å². The zero-order valence-corrected chi connectivity index (χ0v) is 24.7. The van der Waals surface area contributed by atoms with Crippen LogP contribution in [0.3, 0.4) is 0 Å². The molecule has 0 saturated carbocycles. The van der Waals surface area contributed by atoms with Crippen molar-refractivity contribution in [2.24, 2.45) is 5.41 Å². The molecule has 0 aliphatic heterocycles. The average molecular weight is 571 g/mol. The third-order valence-corrected chi connectivity index (χ3v) is 6.87. The molecule has 2 N–H and O–H groups in total. The highest BCUT2D eigenvalue weighted by atomic mass is 16.5. The standard InChI is InChI=1S/C35H38O7/c1-6-7-8-23(2)9-16-30-24(3)34(40)31(22-35(30,4)5)42-33(39)18-17-32(38)41-29-14-12-25(13-15-29)10-11-26-19-27(36)21-28(37)20-26/h6-16,19-21,31,36-37H,17-18,22H2,1-5H3/b7-6+,11-10+,16-9+,23-8+. The van der Waals surface area contributed by atoms with Crippen LogP contribution in [0.25, 0.3) is 12.2 Å². The summed E-state index contributed by atoms with van der Waals surface area (Å²) >= 11 is 0. The second kappa shape index (κ2) is 14.3. The summed E-state index contributed by atoms with van der Waals surface area (Å²) in [7, 11) is 0. The van der Waals surface area contributed by atoms with E-state index in [2.05, 4.69) is 0 Å². The van der Waals surface area contributed by atoms with Crippen LogP contribution in [0.4, 0.5) is 0 Å². The van der Waals surface area contributed by atoms with Crippen LogP contribution in [-0.4, -0.2) is 34.0 Å². The first-order valence-electron chi connectivity index (χ1n) is 13.8. The van der Waals surface area contributed by atoms with E-state index in [1.54, 1.807) is 43.3 Å². The van der Waals surface area contributed by atoms with Crippen LogP contribution in [0.2, 0.25) is 0 Å². The van der Waals surface area contributed by atoms with Crippen LogP contribution >= 0.6 is 0 Å². The number of benzene rings is 2. The normalized spacial score (nSPS) is 17.4. The van der Waals surface area contributed by atoms with Crippen molar-refractivity contribution in [3.8, 4) is 17.2 Å². The quantitative estimate of drug-likeness (QED) is 0.134. The molecule has 0 saturated heterocycles. The minimum Gasteiger partial charge on any atom is -0.508 e. The van der Waals surface area contributed by atoms with Crippen LogP contribution in [0.15, 0.2) is 89.6 Å². The van der Waals surface area contributed by atoms with Crippen LogP contribution < -0.4 is 4.74 Å². The van der Waals surface area contributed by atoms with E-state index in [9.17, 15) is 24.6 Å². The lowest BCUT2D eigenvalue weighted by molar-refractivity contribution is -0.157. The molecule has 220 valence electrons. The fourth-order valence-electron chi connectivity index (χ4n) is 4.67. The first kappa shape index (κ1) is 31.9. The molecule has 1 aliphatic rings. The topological polar surface area (TPSA) is 110 Å². The van der Waals surface area contributed by atoms with E-state index in [1.165, 1.54) is 18.2 Å². The van der Waals surface area contributed by atoms with Gasteiger partial charge in [-0.15, -0.1) is 0 Å². The van der Waals surface area contributed by atoms with Crippen molar-refractivity contribution in [2.75, 3.05) is 0 Å². The first-order chi connectivity index (χ1) is 19.9. The summed E-state index contributed by atoms with van der Waals surface area (Å²) in [6, 6.07) is 11.0. The number of carbonyl (C=O) groups excluding carboxylic acids is 3. The molecule has 1 aliphatic carbocycles. The Morgan fingerprint density at radius 2 is 1.57 bits per heavy atom. The molecule has 0 heterocycles. The van der Waals surface area contributed by atoms with Crippen LogP contribution in [0, 0.1) is 5.41 Å². The molecule has 0 fully saturated rings. The van der Waals surface area contributed by atoms with Crippen molar-refractivity contribution < 1.29 is 34.1 Å². The van der Waals surface area contributed by atoms with Crippen molar-refractivity contribution in [2.45, 2.75) is 60.0 Å². The number of hydrogen-bond acceptors (Lipinski definition) is 7. The lowest BCUT2D eigenvalue weighted by Crippen LogP contribution is -2.39. The van der Waals surface area contributed by atoms with Gasteiger partial charge in [-0.3, -0.25) is 14.4 Å². The van der Waals surface area contributed by atoms with E-state index < -0.39 is 18.0 Å². The molecule has 1 unspecified atom stereocenters.